The Labute approximate surface area is 277 Å². The third-order valence-corrected chi connectivity index (χ3v) is 8.78. The summed E-state index contributed by atoms with van der Waals surface area (Å²) in [5, 5.41) is 47.5. The average Bonchev–Trinajstić information content (AvgIpc) is 3.03. The van der Waals surface area contributed by atoms with Crippen LogP contribution in [-0.4, -0.2) is 75.8 Å². The van der Waals surface area contributed by atoms with Crippen LogP contribution in [0.25, 0.3) is 0 Å². The third-order valence-electron chi connectivity index (χ3n) is 8.78. The van der Waals surface area contributed by atoms with Crippen LogP contribution in [0.5, 0.6) is 11.5 Å². The molecule has 11 heteroatoms. The Morgan fingerprint density at radius 3 is 2.45 bits per heavy atom. The summed E-state index contributed by atoms with van der Waals surface area (Å²) in [5.41, 5.74) is 1.14. The van der Waals surface area contributed by atoms with Gasteiger partial charge < -0.3 is 40.5 Å². The van der Waals surface area contributed by atoms with Gasteiger partial charge in [-0.1, -0.05) is 49.5 Å². The summed E-state index contributed by atoms with van der Waals surface area (Å²) >= 11 is 0. The number of esters is 1. The van der Waals surface area contributed by atoms with Crippen molar-refractivity contribution in [2.24, 2.45) is 11.8 Å². The summed E-state index contributed by atoms with van der Waals surface area (Å²) in [4.78, 5) is 38.6. The zero-order valence-corrected chi connectivity index (χ0v) is 27.7. The lowest BCUT2D eigenvalue weighted by Crippen LogP contribution is -2.45. The second kappa shape index (κ2) is 18.4. The van der Waals surface area contributed by atoms with Gasteiger partial charge in [-0.15, -0.1) is 0 Å². The van der Waals surface area contributed by atoms with Gasteiger partial charge in [-0.25, -0.2) is 4.79 Å². The highest BCUT2D eigenvalue weighted by atomic mass is 16.5. The minimum atomic E-state index is -0.967. The van der Waals surface area contributed by atoms with E-state index in [4.69, 9.17) is 9.47 Å². The predicted octanol–water partition coefficient (Wildman–Crippen LogP) is 4.36. The van der Waals surface area contributed by atoms with Crippen LogP contribution in [0.1, 0.15) is 71.3 Å². The Kier molecular flexibility index (Phi) is 14.7. The fraction of sp³-hybridized carbons (Fsp3) is 0.528. The molecule has 2 bridgehead atoms. The van der Waals surface area contributed by atoms with Gasteiger partial charge >= 0.3 is 5.97 Å². The lowest BCUT2D eigenvalue weighted by atomic mass is 9.87. The molecule has 5 atom stereocenters. The van der Waals surface area contributed by atoms with Crippen LogP contribution in [0.2, 0.25) is 0 Å². The highest BCUT2D eigenvalue weighted by Crippen LogP contribution is 2.34. The number of carbonyl (C=O) groups is 3. The van der Waals surface area contributed by atoms with Crippen LogP contribution in [0.15, 0.2) is 60.2 Å². The quantitative estimate of drug-likeness (QED) is 0.117. The van der Waals surface area contributed by atoms with Crippen molar-refractivity contribution in [3.05, 3.63) is 65.8 Å². The normalized spacial score (nSPS) is 30.3. The molecule has 1 saturated carbocycles. The van der Waals surface area contributed by atoms with Gasteiger partial charge in [-0.2, -0.15) is 0 Å². The van der Waals surface area contributed by atoms with Gasteiger partial charge in [-0.3, -0.25) is 9.59 Å². The SMILES string of the molecule is CO[C@H]1\C=C/C=C\C=C/C[C@H](OC(=O)[C@@H](C)NC(=O)C2CCC(O)CC2)[C@@H](C)[C@@H](O)/C(C)=C\CCc2cc(O)cc(c2O)NC(=O)C1. The van der Waals surface area contributed by atoms with Crippen molar-refractivity contribution in [1.29, 1.82) is 0 Å². The van der Waals surface area contributed by atoms with Crippen molar-refractivity contribution in [3.63, 3.8) is 0 Å². The van der Waals surface area contributed by atoms with Crippen molar-refractivity contribution in [3.8, 4) is 11.5 Å². The molecule has 0 radical (unpaired) electrons. The Bertz CT molecular complexity index is 1340. The first-order chi connectivity index (χ1) is 22.4. The van der Waals surface area contributed by atoms with Crippen molar-refractivity contribution in [1.82, 2.24) is 5.32 Å². The zero-order valence-electron chi connectivity index (χ0n) is 27.7. The first kappa shape index (κ1) is 37.5. The van der Waals surface area contributed by atoms with E-state index in [1.165, 1.54) is 19.2 Å². The standard InChI is InChI=1S/C36H50N2O9/c1-22-11-10-12-26-19-28(40)20-30(34(26)43)38-32(41)21-29(46-4)13-8-6-5-7-9-14-31(23(2)33(22)42)47-36(45)24(3)37-35(44)25-15-17-27(39)18-16-25/h5-9,11,13,19-20,23-25,27,29,31,33,39-40,42-43H,10,12,14-18,21H2,1-4H3,(H,37,44)(H,38,41)/b6-5-,9-7-,13-8-,22-11-/t23-,24-,25?,27?,29+,31+,33+/m1/s1. The Morgan fingerprint density at radius 1 is 1.04 bits per heavy atom. The van der Waals surface area contributed by atoms with E-state index in [-0.39, 0.29) is 41.5 Å². The number of hydrogen-bond acceptors (Lipinski definition) is 9. The van der Waals surface area contributed by atoms with E-state index in [1.807, 2.05) is 12.2 Å². The number of allylic oxidation sites excluding steroid dienone is 5. The van der Waals surface area contributed by atoms with Crippen LogP contribution >= 0.6 is 0 Å². The van der Waals surface area contributed by atoms with Gasteiger partial charge in [0.2, 0.25) is 11.8 Å². The summed E-state index contributed by atoms with van der Waals surface area (Å²) in [6, 6.07) is 1.81. The maximum atomic E-state index is 13.2. The van der Waals surface area contributed by atoms with Crippen LogP contribution in [-0.2, 0) is 30.3 Å². The smallest absolute Gasteiger partial charge is 0.328 e. The Balaban J connectivity index is 1.80. The first-order valence-corrected chi connectivity index (χ1v) is 16.3. The molecule has 2 aliphatic rings. The van der Waals surface area contributed by atoms with Gasteiger partial charge in [0, 0.05) is 31.4 Å². The molecular formula is C36H50N2O9. The van der Waals surface area contributed by atoms with Gasteiger partial charge in [-0.05, 0) is 69.6 Å². The lowest BCUT2D eigenvalue weighted by Gasteiger charge is -2.30. The Morgan fingerprint density at radius 2 is 1.74 bits per heavy atom. The molecule has 0 spiro atoms. The summed E-state index contributed by atoms with van der Waals surface area (Å²) in [7, 11) is 1.48. The molecule has 258 valence electrons. The number of phenolic OH excluding ortho intramolecular Hbond substituents is 2. The molecule has 0 aromatic heterocycles. The van der Waals surface area contributed by atoms with Crippen LogP contribution in [0.4, 0.5) is 5.69 Å². The first-order valence-electron chi connectivity index (χ1n) is 16.3. The molecule has 0 saturated heterocycles. The number of benzene rings is 1. The molecule has 1 aliphatic heterocycles. The monoisotopic (exact) mass is 654 g/mol. The van der Waals surface area contributed by atoms with Gasteiger partial charge in [0.05, 0.1) is 30.4 Å². The summed E-state index contributed by atoms with van der Waals surface area (Å²) in [6.45, 7) is 5.13. The number of phenols is 2. The van der Waals surface area contributed by atoms with Crippen molar-refractivity contribution in [2.45, 2.75) is 103 Å². The van der Waals surface area contributed by atoms with Crippen molar-refractivity contribution < 1.29 is 44.3 Å². The highest BCUT2D eigenvalue weighted by Gasteiger charge is 2.31. The number of anilines is 1. The fourth-order valence-electron chi connectivity index (χ4n) is 5.73. The molecule has 1 fully saturated rings. The number of amides is 2. The number of carbonyl (C=O) groups excluding carboxylic acids is 3. The number of rotatable bonds is 5. The highest BCUT2D eigenvalue weighted by molar-refractivity contribution is 5.93. The van der Waals surface area contributed by atoms with E-state index in [2.05, 4.69) is 10.6 Å². The topological polar surface area (TPSA) is 175 Å². The number of aliphatic hydroxyl groups excluding tert-OH is 2. The maximum absolute atomic E-state index is 13.2. The molecule has 1 aliphatic carbocycles. The van der Waals surface area contributed by atoms with Crippen LogP contribution in [0, 0.1) is 11.8 Å². The average molecular weight is 655 g/mol. The molecule has 11 nitrogen and oxygen atoms in total. The number of aliphatic hydroxyl groups is 2. The minimum absolute atomic E-state index is 0.0193. The number of aromatic hydroxyl groups is 2. The van der Waals surface area contributed by atoms with Crippen LogP contribution < -0.4 is 10.6 Å². The molecular weight excluding hydrogens is 604 g/mol. The van der Waals surface area contributed by atoms with Crippen LogP contribution in [0.3, 0.4) is 0 Å². The summed E-state index contributed by atoms with van der Waals surface area (Å²) in [5.74, 6) is -2.30. The van der Waals surface area contributed by atoms with Crippen molar-refractivity contribution in [2.75, 3.05) is 12.4 Å². The molecule has 1 heterocycles. The van der Waals surface area contributed by atoms with E-state index in [9.17, 15) is 34.8 Å². The Hall–Kier alpha value is -3.93. The summed E-state index contributed by atoms with van der Waals surface area (Å²) in [6.07, 6.45) is 13.0. The van der Waals surface area contributed by atoms with E-state index in [0.29, 0.717) is 56.1 Å². The van der Waals surface area contributed by atoms with Gasteiger partial charge in [0.15, 0.2) is 0 Å². The minimum Gasteiger partial charge on any atom is -0.508 e. The molecule has 47 heavy (non-hydrogen) atoms. The zero-order chi connectivity index (χ0) is 34.5. The number of aryl methyl sites for hydroxylation is 1. The lowest BCUT2D eigenvalue weighted by molar-refractivity contribution is -0.156. The molecule has 3 rings (SSSR count). The van der Waals surface area contributed by atoms with E-state index < -0.39 is 42.1 Å². The van der Waals surface area contributed by atoms with Gasteiger partial charge in [0.1, 0.15) is 23.6 Å². The molecule has 6 N–H and O–H groups in total. The molecule has 2 amide bonds. The van der Waals surface area contributed by atoms with E-state index >= 15 is 0 Å². The summed E-state index contributed by atoms with van der Waals surface area (Å²) < 4.78 is 11.3. The number of methoxy groups -OCH3 is 1. The van der Waals surface area contributed by atoms with Gasteiger partial charge in [0.25, 0.3) is 0 Å². The van der Waals surface area contributed by atoms with Crippen molar-refractivity contribution >= 4 is 23.5 Å². The molecule has 0 unspecified atom stereocenters. The number of fused-ring (bicyclic) bond motifs is 2. The number of hydrogen-bond donors (Lipinski definition) is 6. The van der Waals surface area contributed by atoms with E-state index in [1.54, 1.807) is 51.2 Å². The third kappa shape index (κ3) is 11.7. The molecule has 1 aromatic carbocycles. The predicted molar refractivity (Wildman–Crippen MR) is 179 cm³/mol. The number of ether oxygens (including phenoxy) is 2. The maximum Gasteiger partial charge on any atom is 0.328 e. The largest absolute Gasteiger partial charge is 0.508 e. The second-order valence-corrected chi connectivity index (χ2v) is 12.5. The number of nitrogens with one attached hydrogen (secondary N) is 2. The van der Waals surface area contributed by atoms with E-state index in [0.717, 1.165) is 0 Å². The second-order valence-electron chi connectivity index (χ2n) is 12.5. The fourth-order valence-corrected chi connectivity index (χ4v) is 5.73. The molecule has 1 aromatic rings.